The summed E-state index contributed by atoms with van der Waals surface area (Å²) in [5, 5.41) is 6.43. The Morgan fingerprint density at radius 1 is 1.09 bits per heavy atom. The molecule has 2 heterocycles. The Bertz CT molecular complexity index is 1110. The molecule has 1 saturated heterocycles. The summed E-state index contributed by atoms with van der Waals surface area (Å²) in [6.07, 6.45) is 1.77. The van der Waals surface area contributed by atoms with Crippen LogP contribution in [0, 0.1) is 0 Å². The number of carbonyl (C=O) groups is 1. The molecular formula is C24H28N4O6. The number of aliphatic imine (C=N–C) groups is 1. The number of nitrogens with zero attached hydrogens (tertiary/aromatic N) is 2. The Morgan fingerprint density at radius 2 is 1.82 bits per heavy atom. The molecule has 34 heavy (non-hydrogen) atoms. The second kappa shape index (κ2) is 10.3. The molecule has 0 bridgehead atoms. The predicted octanol–water partition coefficient (Wildman–Crippen LogP) is 1.99. The summed E-state index contributed by atoms with van der Waals surface area (Å²) in [6, 6.07) is 9.34. The van der Waals surface area contributed by atoms with E-state index in [-0.39, 0.29) is 12.7 Å². The van der Waals surface area contributed by atoms with Crippen molar-refractivity contribution in [3.8, 4) is 28.7 Å². The third-order valence-corrected chi connectivity index (χ3v) is 5.41. The van der Waals surface area contributed by atoms with Crippen LogP contribution in [0.1, 0.15) is 11.1 Å². The van der Waals surface area contributed by atoms with Crippen LogP contribution in [0.15, 0.2) is 41.0 Å². The fourth-order valence-corrected chi connectivity index (χ4v) is 3.66. The number of hydrogen-bond donors (Lipinski definition) is 2. The van der Waals surface area contributed by atoms with Crippen molar-refractivity contribution in [2.24, 2.45) is 4.99 Å². The molecule has 1 amide bonds. The number of fused-ring (bicyclic) bond motifs is 1. The van der Waals surface area contributed by atoms with Gasteiger partial charge in [-0.2, -0.15) is 0 Å². The molecule has 1 fully saturated rings. The Balaban J connectivity index is 1.33. The lowest BCUT2D eigenvalue weighted by Gasteiger charge is -2.14. The van der Waals surface area contributed by atoms with Crippen LogP contribution in [0.5, 0.6) is 28.7 Å². The first-order valence-corrected chi connectivity index (χ1v) is 10.7. The van der Waals surface area contributed by atoms with Gasteiger partial charge in [0.25, 0.3) is 5.91 Å². The third kappa shape index (κ3) is 4.86. The van der Waals surface area contributed by atoms with Crippen LogP contribution in [-0.4, -0.2) is 65.0 Å². The number of benzene rings is 2. The molecule has 4 rings (SSSR count). The quantitative estimate of drug-likeness (QED) is 0.426. The minimum atomic E-state index is -0.151. The summed E-state index contributed by atoms with van der Waals surface area (Å²) in [6.45, 7) is 1.91. The van der Waals surface area contributed by atoms with Gasteiger partial charge in [-0.05, 0) is 41.5 Å². The average molecular weight is 469 g/mol. The second-order valence-electron chi connectivity index (χ2n) is 7.58. The van der Waals surface area contributed by atoms with Crippen LogP contribution in [-0.2, 0) is 11.3 Å². The number of amides is 1. The minimum absolute atomic E-state index is 0.151. The summed E-state index contributed by atoms with van der Waals surface area (Å²) in [7, 11) is 6.45. The molecule has 10 heteroatoms. The van der Waals surface area contributed by atoms with Crippen LogP contribution in [0.4, 0.5) is 0 Å². The normalized spacial score (nSPS) is 16.8. The van der Waals surface area contributed by atoms with Gasteiger partial charge < -0.3 is 34.3 Å². The van der Waals surface area contributed by atoms with E-state index in [0.29, 0.717) is 60.0 Å². The van der Waals surface area contributed by atoms with Crippen molar-refractivity contribution in [3.05, 3.63) is 47.2 Å². The molecule has 180 valence electrons. The van der Waals surface area contributed by atoms with E-state index in [1.165, 1.54) is 4.90 Å². The molecule has 0 saturated carbocycles. The van der Waals surface area contributed by atoms with E-state index in [2.05, 4.69) is 15.6 Å². The number of hydrogen-bond acceptors (Lipinski definition) is 8. The van der Waals surface area contributed by atoms with E-state index >= 15 is 0 Å². The molecule has 2 aromatic carbocycles. The number of carbonyl (C=O) groups excluding carboxylic acids is 1. The molecule has 0 unspecified atom stereocenters. The van der Waals surface area contributed by atoms with E-state index in [1.807, 2.05) is 30.3 Å². The monoisotopic (exact) mass is 468 g/mol. The van der Waals surface area contributed by atoms with Gasteiger partial charge in [-0.1, -0.05) is 6.07 Å². The molecule has 0 atom stereocenters. The van der Waals surface area contributed by atoms with Gasteiger partial charge >= 0.3 is 0 Å². The molecule has 2 aliphatic rings. The fourth-order valence-electron chi connectivity index (χ4n) is 3.66. The van der Waals surface area contributed by atoms with E-state index in [1.54, 1.807) is 34.5 Å². The molecular weight excluding hydrogens is 440 g/mol. The Labute approximate surface area is 198 Å². The highest BCUT2D eigenvalue weighted by atomic mass is 16.7. The van der Waals surface area contributed by atoms with Gasteiger partial charge in [-0.15, -0.1) is 0 Å². The van der Waals surface area contributed by atoms with Crippen LogP contribution >= 0.6 is 0 Å². The van der Waals surface area contributed by atoms with Crippen molar-refractivity contribution >= 4 is 17.9 Å². The number of guanidine groups is 1. The molecule has 10 nitrogen and oxygen atoms in total. The summed E-state index contributed by atoms with van der Waals surface area (Å²) >= 11 is 0. The van der Waals surface area contributed by atoms with Crippen LogP contribution in [0.2, 0.25) is 0 Å². The maximum Gasteiger partial charge on any atom is 0.276 e. The summed E-state index contributed by atoms with van der Waals surface area (Å²) in [5.41, 5.74) is 2.27. The molecule has 2 N–H and O–H groups in total. The summed E-state index contributed by atoms with van der Waals surface area (Å²) in [5.74, 6) is 3.50. The minimum Gasteiger partial charge on any atom is -0.493 e. The zero-order chi connectivity index (χ0) is 24.1. The molecule has 0 spiro atoms. The average Bonchev–Trinajstić information content (AvgIpc) is 3.43. The summed E-state index contributed by atoms with van der Waals surface area (Å²) in [4.78, 5) is 18.6. The smallest absolute Gasteiger partial charge is 0.276 e. The van der Waals surface area contributed by atoms with Gasteiger partial charge in [-0.3, -0.25) is 14.7 Å². The van der Waals surface area contributed by atoms with Crippen LogP contribution in [0.25, 0.3) is 6.08 Å². The first-order chi connectivity index (χ1) is 16.5. The first kappa shape index (κ1) is 23.2. The van der Waals surface area contributed by atoms with Crippen molar-refractivity contribution in [2.75, 3.05) is 48.3 Å². The zero-order valence-electron chi connectivity index (χ0n) is 19.6. The molecule has 0 aliphatic carbocycles. The third-order valence-electron chi connectivity index (χ3n) is 5.41. The Kier molecular flexibility index (Phi) is 7.07. The van der Waals surface area contributed by atoms with E-state index in [4.69, 9.17) is 23.7 Å². The van der Waals surface area contributed by atoms with Crippen LogP contribution in [0.3, 0.4) is 0 Å². The molecule has 0 aromatic heterocycles. The zero-order valence-corrected chi connectivity index (χ0v) is 19.6. The standard InChI is InChI=1S/C24H28N4O6/c1-28-23(29)17(9-15-5-6-18-19(10-15)34-14-33-18)27-24(28)26-8-7-25-13-16-11-20(30-2)22(32-4)21(12-16)31-3/h5-6,9-12,25H,7-8,13-14H2,1-4H3,(H,26,27)/b17-9-. The maximum atomic E-state index is 12.6. The van der Waals surface area contributed by atoms with Gasteiger partial charge in [0.1, 0.15) is 5.70 Å². The van der Waals surface area contributed by atoms with Crippen molar-refractivity contribution < 1.29 is 28.5 Å². The summed E-state index contributed by atoms with van der Waals surface area (Å²) < 4.78 is 26.9. The van der Waals surface area contributed by atoms with Crippen molar-refractivity contribution in [1.82, 2.24) is 15.5 Å². The molecule has 0 radical (unpaired) electrons. The number of rotatable bonds is 9. The Hall–Kier alpha value is -3.92. The highest BCUT2D eigenvalue weighted by Crippen LogP contribution is 2.38. The van der Waals surface area contributed by atoms with Crippen molar-refractivity contribution in [2.45, 2.75) is 6.54 Å². The van der Waals surface area contributed by atoms with Gasteiger partial charge in [0.15, 0.2) is 23.0 Å². The Morgan fingerprint density at radius 3 is 2.53 bits per heavy atom. The predicted molar refractivity (Wildman–Crippen MR) is 127 cm³/mol. The largest absolute Gasteiger partial charge is 0.493 e. The number of likely N-dealkylation sites (N-methyl/N-ethyl adjacent to an activating group) is 1. The highest BCUT2D eigenvalue weighted by molar-refractivity contribution is 6.15. The van der Waals surface area contributed by atoms with E-state index in [9.17, 15) is 4.79 Å². The molecule has 2 aliphatic heterocycles. The lowest BCUT2D eigenvalue weighted by molar-refractivity contribution is -0.121. The number of nitrogens with one attached hydrogen (secondary N) is 2. The van der Waals surface area contributed by atoms with Gasteiger partial charge in [0, 0.05) is 20.1 Å². The lowest BCUT2D eigenvalue weighted by atomic mass is 10.1. The lowest BCUT2D eigenvalue weighted by Crippen LogP contribution is -2.29. The van der Waals surface area contributed by atoms with Gasteiger partial charge in [0.2, 0.25) is 18.5 Å². The number of methoxy groups -OCH3 is 3. The van der Waals surface area contributed by atoms with Crippen molar-refractivity contribution in [1.29, 1.82) is 0 Å². The van der Waals surface area contributed by atoms with E-state index < -0.39 is 0 Å². The van der Waals surface area contributed by atoms with Crippen LogP contribution < -0.4 is 34.3 Å². The highest BCUT2D eigenvalue weighted by Gasteiger charge is 2.28. The van der Waals surface area contributed by atoms with E-state index in [0.717, 1.165) is 11.1 Å². The maximum absolute atomic E-state index is 12.6. The van der Waals surface area contributed by atoms with Gasteiger partial charge in [0.05, 0.1) is 27.9 Å². The van der Waals surface area contributed by atoms with Crippen molar-refractivity contribution in [3.63, 3.8) is 0 Å². The SMILES string of the molecule is COc1cc(CNCCN=C2N/C(=C\c3ccc4c(c3)OCO4)C(=O)N2C)cc(OC)c1OC. The topological polar surface area (TPSA) is 103 Å². The van der Waals surface area contributed by atoms with Gasteiger partial charge in [-0.25, -0.2) is 0 Å². The molecule has 2 aromatic rings. The first-order valence-electron chi connectivity index (χ1n) is 10.7. The number of ether oxygens (including phenoxy) is 5. The second-order valence-corrected chi connectivity index (χ2v) is 7.58. The fraction of sp³-hybridized carbons (Fsp3) is 0.333.